The minimum absolute atomic E-state index is 0.218. The highest BCUT2D eigenvalue weighted by molar-refractivity contribution is 6.06. The SMILES string of the molecule is NC1=NC2(CCCCC2)N(c2cccc(NC(=O)c3ccccn3)c2)C(N)=N1. The molecule has 0 bridgehead atoms. The molecule has 8 nitrogen and oxygen atoms in total. The molecule has 0 radical (unpaired) electrons. The number of rotatable bonds is 3. The van der Waals surface area contributed by atoms with Crippen LogP contribution < -0.4 is 21.7 Å². The molecule has 0 unspecified atom stereocenters. The largest absolute Gasteiger partial charge is 0.369 e. The predicted octanol–water partition coefficient (Wildman–Crippen LogP) is 2.44. The van der Waals surface area contributed by atoms with E-state index in [2.05, 4.69) is 20.3 Å². The molecule has 2 aliphatic rings. The summed E-state index contributed by atoms with van der Waals surface area (Å²) in [6.45, 7) is 0. The molecule has 0 atom stereocenters. The van der Waals surface area contributed by atoms with E-state index >= 15 is 0 Å². The molecule has 28 heavy (non-hydrogen) atoms. The lowest BCUT2D eigenvalue weighted by atomic mass is 9.87. The second-order valence-corrected chi connectivity index (χ2v) is 7.04. The van der Waals surface area contributed by atoms with Crippen LogP contribution in [0.1, 0.15) is 42.6 Å². The highest BCUT2D eigenvalue weighted by atomic mass is 16.1. The molecule has 1 fully saturated rings. The van der Waals surface area contributed by atoms with E-state index < -0.39 is 5.66 Å². The Kier molecular flexibility index (Phi) is 4.68. The summed E-state index contributed by atoms with van der Waals surface area (Å²) in [4.78, 5) is 27.3. The first-order valence-corrected chi connectivity index (χ1v) is 9.40. The average molecular weight is 377 g/mol. The lowest BCUT2D eigenvalue weighted by molar-refractivity contribution is 0.102. The molecule has 1 aliphatic heterocycles. The monoisotopic (exact) mass is 377 g/mol. The molecule has 144 valence electrons. The van der Waals surface area contributed by atoms with Gasteiger partial charge < -0.3 is 16.8 Å². The van der Waals surface area contributed by atoms with Crippen molar-refractivity contribution in [2.24, 2.45) is 21.5 Å². The number of nitrogens with zero attached hydrogens (tertiary/aromatic N) is 4. The quantitative estimate of drug-likeness (QED) is 0.758. The lowest BCUT2D eigenvalue weighted by Crippen LogP contribution is -2.58. The zero-order chi connectivity index (χ0) is 19.6. The van der Waals surface area contributed by atoms with Gasteiger partial charge in [0.2, 0.25) is 11.9 Å². The molecule has 4 rings (SSSR count). The maximum atomic E-state index is 12.4. The number of pyridine rings is 1. The molecule has 2 aromatic rings. The van der Waals surface area contributed by atoms with Gasteiger partial charge in [-0.25, -0.2) is 4.99 Å². The van der Waals surface area contributed by atoms with Crippen molar-refractivity contribution in [1.29, 1.82) is 0 Å². The van der Waals surface area contributed by atoms with Crippen molar-refractivity contribution >= 4 is 29.2 Å². The van der Waals surface area contributed by atoms with E-state index in [4.69, 9.17) is 11.5 Å². The Hall–Kier alpha value is -3.42. The van der Waals surface area contributed by atoms with Crippen molar-refractivity contribution in [2.45, 2.75) is 37.8 Å². The first-order valence-electron chi connectivity index (χ1n) is 9.40. The number of amides is 1. The molecule has 1 aliphatic carbocycles. The normalized spacial score (nSPS) is 18.4. The minimum Gasteiger partial charge on any atom is -0.369 e. The van der Waals surface area contributed by atoms with Crippen LogP contribution in [-0.2, 0) is 0 Å². The van der Waals surface area contributed by atoms with Gasteiger partial charge in [-0.1, -0.05) is 18.6 Å². The molecule has 0 saturated heterocycles. The maximum Gasteiger partial charge on any atom is 0.274 e. The van der Waals surface area contributed by atoms with Gasteiger partial charge in [-0.15, -0.1) is 0 Å². The van der Waals surface area contributed by atoms with Gasteiger partial charge in [0.05, 0.1) is 0 Å². The van der Waals surface area contributed by atoms with Crippen LogP contribution in [0.4, 0.5) is 11.4 Å². The van der Waals surface area contributed by atoms with E-state index in [1.165, 1.54) is 6.42 Å². The van der Waals surface area contributed by atoms with Crippen molar-refractivity contribution in [3.8, 4) is 0 Å². The smallest absolute Gasteiger partial charge is 0.274 e. The maximum absolute atomic E-state index is 12.4. The fourth-order valence-electron chi connectivity index (χ4n) is 3.91. The topological polar surface area (TPSA) is 122 Å². The van der Waals surface area contributed by atoms with Crippen molar-refractivity contribution in [2.75, 3.05) is 10.2 Å². The van der Waals surface area contributed by atoms with E-state index in [0.29, 0.717) is 17.3 Å². The second kappa shape index (κ2) is 7.30. The van der Waals surface area contributed by atoms with Crippen LogP contribution in [0.2, 0.25) is 0 Å². The highest BCUT2D eigenvalue weighted by Crippen LogP contribution is 2.39. The van der Waals surface area contributed by atoms with Crippen LogP contribution in [0.3, 0.4) is 0 Å². The number of aromatic nitrogens is 1. The summed E-state index contributed by atoms with van der Waals surface area (Å²) in [6.07, 6.45) is 6.57. The highest BCUT2D eigenvalue weighted by Gasteiger charge is 2.42. The van der Waals surface area contributed by atoms with E-state index in [0.717, 1.165) is 31.4 Å². The summed E-state index contributed by atoms with van der Waals surface area (Å²) >= 11 is 0. The van der Waals surface area contributed by atoms with Gasteiger partial charge in [-0.2, -0.15) is 4.99 Å². The van der Waals surface area contributed by atoms with Gasteiger partial charge in [-0.3, -0.25) is 14.7 Å². The van der Waals surface area contributed by atoms with Crippen molar-refractivity contribution < 1.29 is 4.79 Å². The van der Waals surface area contributed by atoms with E-state index in [-0.39, 0.29) is 11.9 Å². The van der Waals surface area contributed by atoms with E-state index in [1.807, 2.05) is 29.2 Å². The molecule has 8 heteroatoms. The number of nitrogens with two attached hydrogens (primary N) is 2. The lowest BCUT2D eigenvalue weighted by Gasteiger charge is -2.45. The summed E-state index contributed by atoms with van der Waals surface area (Å²) < 4.78 is 0. The van der Waals surface area contributed by atoms with Gasteiger partial charge >= 0.3 is 0 Å². The van der Waals surface area contributed by atoms with Crippen molar-refractivity contribution in [3.63, 3.8) is 0 Å². The predicted molar refractivity (Wildman–Crippen MR) is 110 cm³/mol. The molecule has 1 spiro atoms. The number of hydrogen-bond acceptors (Lipinski definition) is 7. The third-order valence-electron chi connectivity index (χ3n) is 5.11. The van der Waals surface area contributed by atoms with Crippen LogP contribution in [0.5, 0.6) is 0 Å². The zero-order valence-corrected chi connectivity index (χ0v) is 15.5. The van der Waals surface area contributed by atoms with Crippen molar-refractivity contribution in [1.82, 2.24) is 4.98 Å². The standard InChI is InChI=1S/C20H23N7O/c21-18-25-19(22)27(20(26-18)10-3-1-4-11-20)15-8-6-7-14(13-15)24-17(28)16-9-2-5-12-23-16/h2,5-9,12-13H,1,3-4,10-11H2,(H,24,28)(H4,21,22,25,26). The van der Waals surface area contributed by atoms with Gasteiger partial charge in [0.15, 0.2) is 0 Å². The van der Waals surface area contributed by atoms with Crippen LogP contribution in [0.15, 0.2) is 58.6 Å². The summed E-state index contributed by atoms with van der Waals surface area (Å²) in [6, 6.07) is 12.7. The molecular formula is C20H23N7O. The number of guanidine groups is 2. The minimum atomic E-state index is -0.516. The Labute approximate surface area is 163 Å². The number of carbonyl (C=O) groups excluding carboxylic acids is 1. The van der Waals surface area contributed by atoms with Crippen LogP contribution in [-0.4, -0.2) is 28.5 Å². The van der Waals surface area contributed by atoms with Gasteiger partial charge in [0, 0.05) is 17.6 Å². The zero-order valence-electron chi connectivity index (χ0n) is 15.5. The number of benzene rings is 1. The molecule has 1 aromatic heterocycles. The molecule has 1 amide bonds. The van der Waals surface area contributed by atoms with Gasteiger partial charge in [0.1, 0.15) is 11.4 Å². The van der Waals surface area contributed by atoms with Gasteiger partial charge in [-0.05, 0) is 56.0 Å². The molecular weight excluding hydrogens is 354 g/mol. The third kappa shape index (κ3) is 3.40. The van der Waals surface area contributed by atoms with E-state index in [1.54, 1.807) is 24.4 Å². The Morgan fingerprint density at radius 3 is 2.64 bits per heavy atom. The Morgan fingerprint density at radius 2 is 1.89 bits per heavy atom. The number of hydrogen-bond donors (Lipinski definition) is 3. The fraction of sp³-hybridized carbons (Fsp3) is 0.300. The summed E-state index contributed by atoms with van der Waals surface area (Å²) in [7, 11) is 0. The number of carbonyl (C=O) groups is 1. The number of nitrogens with one attached hydrogen (secondary N) is 1. The summed E-state index contributed by atoms with van der Waals surface area (Å²) in [5.41, 5.74) is 13.5. The first-order chi connectivity index (χ1) is 13.6. The Balaban J connectivity index is 1.64. The van der Waals surface area contributed by atoms with Crippen LogP contribution in [0.25, 0.3) is 0 Å². The summed E-state index contributed by atoms with van der Waals surface area (Å²) in [5, 5.41) is 2.88. The average Bonchev–Trinajstić information content (AvgIpc) is 2.69. The number of aliphatic imine (C=N–C) groups is 2. The second-order valence-electron chi connectivity index (χ2n) is 7.04. The van der Waals surface area contributed by atoms with E-state index in [9.17, 15) is 4.79 Å². The van der Waals surface area contributed by atoms with Crippen LogP contribution in [0, 0.1) is 0 Å². The third-order valence-corrected chi connectivity index (χ3v) is 5.11. The number of anilines is 2. The fourth-order valence-corrected chi connectivity index (χ4v) is 3.91. The molecule has 1 aromatic carbocycles. The molecule has 1 saturated carbocycles. The Bertz CT molecular complexity index is 933. The Morgan fingerprint density at radius 1 is 1.07 bits per heavy atom. The molecule has 2 heterocycles. The van der Waals surface area contributed by atoms with Crippen LogP contribution >= 0.6 is 0 Å². The van der Waals surface area contributed by atoms with Crippen molar-refractivity contribution in [3.05, 3.63) is 54.4 Å². The first kappa shape index (κ1) is 18.0. The summed E-state index contributed by atoms with van der Waals surface area (Å²) in [5.74, 6) is 0.269. The van der Waals surface area contributed by atoms with Gasteiger partial charge in [0.25, 0.3) is 5.91 Å². The molecule has 5 N–H and O–H groups in total.